The number of nitrogens with one attached hydrogen (secondary N) is 1. The third-order valence-electron chi connectivity index (χ3n) is 5.96. The van der Waals surface area contributed by atoms with Crippen molar-refractivity contribution < 1.29 is 14.7 Å². The van der Waals surface area contributed by atoms with Crippen molar-refractivity contribution in [2.24, 2.45) is 0 Å². The van der Waals surface area contributed by atoms with Gasteiger partial charge in [0.05, 0.1) is 21.7 Å². The number of benzene rings is 3. The van der Waals surface area contributed by atoms with E-state index in [0.29, 0.717) is 21.3 Å². The van der Waals surface area contributed by atoms with Gasteiger partial charge in [-0.2, -0.15) is 0 Å². The lowest BCUT2D eigenvalue weighted by molar-refractivity contribution is -0.132. The highest BCUT2D eigenvalue weighted by Gasteiger charge is 2.48. The first-order valence-corrected chi connectivity index (χ1v) is 11.5. The minimum atomic E-state index is -0.883. The summed E-state index contributed by atoms with van der Waals surface area (Å²) >= 11 is 18.3. The number of fused-ring (bicyclic) bond motifs is 1. The molecule has 8 heteroatoms. The zero-order valence-corrected chi connectivity index (χ0v) is 20.0. The molecule has 1 aliphatic heterocycles. The third-order valence-corrected chi connectivity index (χ3v) is 6.95. The van der Waals surface area contributed by atoms with Crippen molar-refractivity contribution in [2.75, 3.05) is 4.90 Å². The number of para-hydroxylation sites is 1. The summed E-state index contributed by atoms with van der Waals surface area (Å²) in [5.41, 5.74) is 3.07. The van der Waals surface area contributed by atoms with E-state index < -0.39 is 17.7 Å². The van der Waals surface area contributed by atoms with E-state index in [1.165, 1.54) is 17.0 Å². The summed E-state index contributed by atoms with van der Waals surface area (Å²) in [7, 11) is 0. The second-order valence-corrected chi connectivity index (χ2v) is 9.23. The minimum Gasteiger partial charge on any atom is -0.507 e. The molecule has 1 saturated heterocycles. The van der Waals surface area contributed by atoms with Crippen LogP contribution in [0.3, 0.4) is 0 Å². The minimum absolute atomic E-state index is 0.0359. The molecule has 1 unspecified atom stereocenters. The molecule has 0 aliphatic carbocycles. The third kappa shape index (κ3) is 3.57. The van der Waals surface area contributed by atoms with Crippen LogP contribution >= 0.6 is 34.8 Å². The van der Waals surface area contributed by atoms with Crippen LogP contribution in [0, 0.1) is 6.92 Å². The lowest BCUT2D eigenvalue weighted by Crippen LogP contribution is -2.29. The van der Waals surface area contributed by atoms with Crippen LogP contribution in [0.2, 0.25) is 15.1 Å². The second-order valence-electron chi connectivity index (χ2n) is 7.98. The van der Waals surface area contributed by atoms with Crippen LogP contribution in [0.4, 0.5) is 5.69 Å². The predicted octanol–water partition coefficient (Wildman–Crippen LogP) is 7.06. The van der Waals surface area contributed by atoms with E-state index in [1.807, 2.05) is 31.2 Å². The number of anilines is 1. The Morgan fingerprint density at radius 1 is 0.941 bits per heavy atom. The molecule has 4 aromatic rings. The number of carbonyl (C=O) groups excluding carboxylic acids is 2. The normalized spacial score (nSPS) is 17.6. The predicted molar refractivity (Wildman–Crippen MR) is 136 cm³/mol. The van der Waals surface area contributed by atoms with Crippen molar-refractivity contribution in [1.82, 2.24) is 4.98 Å². The van der Waals surface area contributed by atoms with Crippen molar-refractivity contribution in [3.8, 4) is 0 Å². The van der Waals surface area contributed by atoms with Crippen molar-refractivity contribution in [3.05, 3.63) is 104 Å². The van der Waals surface area contributed by atoms with Crippen LogP contribution in [0.25, 0.3) is 16.7 Å². The number of amides is 1. The first kappa shape index (κ1) is 22.5. The van der Waals surface area contributed by atoms with Crippen LogP contribution in [-0.4, -0.2) is 21.8 Å². The molecule has 1 aliphatic rings. The lowest BCUT2D eigenvalue weighted by Gasteiger charge is -2.26. The smallest absolute Gasteiger partial charge is 0.300 e. The Morgan fingerprint density at radius 3 is 2.35 bits per heavy atom. The van der Waals surface area contributed by atoms with Gasteiger partial charge in [-0.3, -0.25) is 14.5 Å². The van der Waals surface area contributed by atoms with Crippen LogP contribution in [-0.2, 0) is 9.59 Å². The molecule has 5 rings (SSSR count). The highest BCUT2D eigenvalue weighted by molar-refractivity contribution is 6.52. The van der Waals surface area contributed by atoms with E-state index in [-0.39, 0.29) is 21.9 Å². The highest BCUT2D eigenvalue weighted by atomic mass is 35.5. The van der Waals surface area contributed by atoms with Crippen LogP contribution in [0.5, 0.6) is 0 Å². The van der Waals surface area contributed by atoms with Gasteiger partial charge < -0.3 is 10.1 Å². The zero-order chi connectivity index (χ0) is 24.1. The summed E-state index contributed by atoms with van der Waals surface area (Å²) in [5.74, 6) is -1.88. The SMILES string of the molecule is Cc1[nH]c2ccccc2c1C1/C(=C(\O)c2ccc(Cl)c(Cl)c2)C(=O)C(=O)N1c1ccc(Cl)cc1. The molecule has 1 amide bonds. The van der Waals surface area contributed by atoms with E-state index in [9.17, 15) is 14.7 Å². The largest absolute Gasteiger partial charge is 0.507 e. The van der Waals surface area contributed by atoms with E-state index in [2.05, 4.69) is 4.98 Å². The molecule has 0 radical (unpaired) electrons. The van der Waals surface area contributed by atoms with Gasteiger partial charge in [-0.25, -0.2) is 0 Å². The number of halogens is 3. The molecule has 1 atom stereocenters. The Morgan fingerprint density at radius 2 is 1.65 bits per heavy atom. The number of aliphatic hydroxyl groups excluding tert-OH is 1. The first-order chi connectivity index (χ1) is 16.3. The van der Waals surface area contributed by atoms with Gasteiger partial charge in [0.2, 0.25) is 0 Å². The Balaban J connectivity index is 1.81. The number of carbonyl (C=O) groups is 2. The van der Waals surface area contributed by atoms with Gasteiger partial charge in [0.15, 0.2) is 0 Å². The molecule has 2 heterocycles. The monoisotopic (exact) mass is 510 g/mol. The molecule has 0 spiro atoms. The quantitative estimate of drug-likeness (QED) is 0.176. The molecule has 1 aromatic heterocycles. The Hall–Kier alpha value is -3.25. The van der Waals surface area contributed by atoms with Gasteiger partial charge in [0.25, 0.3) is 11.7 Å². The number of ketones is 1. The van der Waals surface area contributed by atoms with Gasteiger partial charge in [0, 0.05) is 38.4 Å². The number of H-pyrrole nitrogens is 1. The van der Waals surface area contributed by atoms with Crippen molar-refractivity contribution in [3.63, 3.8) is 0 Å². The van der Waals surface area contributed by atoms with Crippen molar-refractivity contribution in [2.45, 2.75) is 13.0 Å². The standard InChI is InChI=1S/C26H17Cl3N2O3/c1-13-21(17-4-2-3-5-20(17)30-13)23-22(24(32)14-6-11-18(28)19(29)12-14)25(33)26(34)31(23)16-9-7-15(27)8-10-16/h2-12,23,30,32H,1H3/b24-22+. The lowest BCUT2D eigenvalue weighted by atomic mass is 9.93. The second kappa shape index (κ2) is 8.51. The number of aryl methyl sites for hydroxylation is 1. The van der Waals surface area contributed by atoms with Crippen LogP contribution < -0.4 is 4.90 Å². The average Bonchev–Trinajstić information content (AvgIpc) is 3.28. The fourth-order valence-electron chi connectivity index (χ4n) is 4.42. The van der Waals surface area contributed by atoms with Crippen LogP contribution in [0.1, 0.15) is 22.9 Å². The van der Waals surface area contributed by atoms with Crippen LogP contribution in [0.15, 0.2) is 72.3 Å². The van der Waals surface area contributed by atoms with E-state index in [4.69, 9.17) is 34.8 Å². The molecule has 3 aromatic carbocycles. The van der Waals surface area contributed by atoms with E-state index >= 15 is 0 Å². The molecular weight excluding hydrogens is 495 g/mol. The molecular formula is C26H17Cl3N2O3. The number of hydrogen-bond acceptors (Lipinski definition) is 3. The van der Waals surface area contributed by atoms with Crippen molar-refractivity contribution >= 4 is 68.8 Å². The number of aromatic amines is 1. The van der Waals surface area contributed by atoms with Gasteiger partial charge in [-0.1, -0.05) is 53.0 Å². The molecule has 170 valence electrons. The molecule has 1 fully saturated rings. The highest BCUT2D eigenvalue weighted by Crippen LogP contribution is 2.45. The average molecular weight is 512 g/mol. The molecule has 0 saturated carbocycles. The summed E-state index contributed by atoms with van der Waals surface area (Å²) in [6, 6.07) is 17.9. The number of aromatic nitrogens is 1. The molecule has 5 nitrogen and oxygen atoms in total. The first-order valence-electron chi connectivity index (χ1n) is 10.4. The van der Waals surface area contributed by atoms with Gasteiger partial charge in [0.1, 0.15) is 5.76 Å². The molecule has 34 heavy (non-hydrogen) atoms. The fourth-order valence-corrected chi connectivity index (χ4v) is 4.85. The Bertz CT molecular complexity index is 1510. The maximum absolute atomic E-state index is 13.4. The number of aliphatic hydroxyl groups is 1. The van der Waals surface area contributed by atoms with Gasteiger partial charge in [-0.05, 0) is 55.5 Å². The maximum atomic E-state index is 13.4. The fraction of sp³-hybridized carbons (Fsp3) is 0.0769. The summed E-state index contributed by atoms with van der Waals surface area (Å²) in [5, 5.41) is 13.2. The summed E-state index contributed by atoms with van der Waals surface area (Å²) in [6.07, 6.45) is 0. The Labute approximate surface area is 210 Å². The number of hydrogen-bond donors (Lipinski definition) is 2. The Kier molecular flexibility index (Phi) is 5.64. The molecule has 0 bridgehead atoms. The maximum Gasteiger partial charge on any atom is 0.300 e. The number of nitrogens with zero attached hydrogens (tertiary/aromatic N) is 1. The summed E-state index contributed by atoms with van der Waals surface area (Å²) < 4.78 is 0. The number of Topliss-reactive ketones (excluding diaryl/α,β-unsaturated/α-hetero) is 1. The zero-order valence-electron chi connectivity index (χ0n) is 17.8. The number of rotatable bonds is 3. The summed E-state index contributed by atoms with van der Waals surface area (Å²) in [4.78, 5) is 31.4. The summed E-state index contributed by atoms with van der Waals surface area (Å²) in [6.45, 7) is 1.87. The van der Waals surface area contributed by atoms with E-state index in [1.54, 1.807) is 30.3 Å². The van der Waals surface area contributed by atoms with Gasteiger partial charge >= 0.3 is 0 Å². The van der Waals surface area contributed by atoms with Gasteiger partial charge in [-0.15, -0.1) is 0 Å². The molecule has 2 N–H and O–H groups in total. The topological polar surface area (TPSA) is 73.4 Å². The van der Waals surface area contributed by atoms with E-state index in [0.717, 1.165) is 16.6 Å². The van der Waals surface area contributed by atoms with Crippen molar-refractivity contribution in [1.29, 1.82) is 0 Å².